The molecule has 1 aliphatic carbocycles. The molecule has 1 rings (SSSR count). The van der Waals surface area contributed by atoms with Crippen LogP contribution in [0.2, 0.25) is 0 Å². The first-order chi connectivity index (χ1) is 6.37. The molecule has 0 bridgehead atoms. The van der Waals surface area contributed by atoms with E-state index < -0.39 is 39.3 Å². The van der Waals surface area contributed by atoms with E-state index in [1.165, 1.54) is 0 Å². The van der Waals surface area contributed by atoms with E-state index in [4.69, 9.17) is 0 Å². The van der Waals surface area contributed by atoms with Crippen LogP contribution in [-0.2, 0) is 14.4 Å². The first kappa shape index (κ1) is 9.89. The van der Waals surface area contributed by atoms with Crippen molar-refractivity contribution in [2.75, 3.05) is 0 Å². The highest BCUT2D eigenvalue weighted by atomic mass is 16.6. The fourth-order valence-electron chi connectivity index (χ4n) is 1.08. The molecule has 9 nitrogen and oxygen atoms in total. The highest BCUT2D eigenvalue weighted by Crippen LogP contribution is 2.13. The van der Waals surface area contributed by atoms with E-state index in [2.05, 4.69) is 0 Å². The van der Waals surface area contributed by atoms with Gasteiger partial charge in [-0.3, -0.25) is 34.6 Å². The molecule has 1 saturated carbocycles. The van der Waals surface area contributed by atoms with Crippen LogP contribution in [0.1, 0.15) is 0 Å². The molecule has 14 heavy (non-hydrogen) atoms. The number of hydrogen-bond acceptors (Lipinski definition) is 7. The third kappa shape index (κ3) is 1.14. The van der Waals surface area contributed by atoms with Crippen molar-refractivity contribution in [1.29, 1.82) is 0 Å². The molecule has 9 heteroatoms. The predicted octanol–water partition coefficient (Wildman–Crippen LogP) is -2.00. The molecule has 1 fully saturated rings. The SMILES string of the molecule is O=C1C(=O)C([N+](=O)[O-])C(=O)C1[N+](=O)[O-]. The second-order valence-electron chi connectivity index (χ2n) is 2.51. The molecular formula is C5H2N2O7. The molecule has 1 aliphatic rings. The summed E-state index contributed by atoms with van der Waals surface area (Å²) in [7, 11) is 0. The van der Waals surface area contributed by atoms with Crippen LogP contribution in [0.5, 0.6) is 0 Å². The Bertz CT molecular complexity index is 338. The number of nitrogens with zero attached hydrogens (tertiary/aromatic N) is 2. The van der Waals surface area contributed by atoms with Gasteiger partial charge in [-0.15, -0.1) is 0 Å². The van der Waals surface area contributed by atoms with Gasteiger partial charge in [0.25, 0.3) is 17.3 Å². The van der Waals surface area contributed by atoms with E-state index >= 15 is 0 Å². The average molecular weight is 202 g/mol. The van der Waals surface area contributed by atoms with E-state index in [-0.39, 0.29) is 0 Å². The van der Waals surface area contributed by atoms with E-state index in [0.717, 1.165) is 0 Å². The van der Waals surface area contributed by atoms with Gasteiger partial charge in [-0.2, -0.15) is 0 Å². The average Bonchev–Trinajstić information content (AvgIpc) is 2.23. The maximum Gasteiger partial charge on any atom is 0.342 e. The molecule has 0 aromatic carbocycles. The monoisotopic (exact) mass is 202 g/mol. The van der Waals surface area contributed by atoms with Crippen LogP contribution in [-0.4, -0.2) is 39.3 Å². The van der Waals surface area contributed by atoms with Gasteiger partial charge in [-0.1, -0.05) is 0 Å². The largest absolute Gasteiger partial charge is 0.342 e. The number of carbonyl (C=O) groups is 3. The molecule has 0 radical (unpaired) electrons. The lowest BCUT2D eigenvalue weighted by molar-refractivity contribution is -0.508. The minimum absolute atomic E-state index is 1.30. The summed E-state index contributed by atoms with van der Waals surface area (Å²) >= 11 is 0. The Labute approximate surface area is 75.0 Å². The van der Waals surface area contributed by atoms with E-state index in [0.29, 0.717) is 0 Å². The molecule has 0 aromatic rings. The first-order valence-corrected chi connectivity index (χ1v) is 3.26. The Balaban J connectivity index is 3.16. The van der Waals surface area contributed by atoms with Gasteiger partial charge in [-0.05, 0) is 0 Å². The molecule has 2 unspecified atom stereocenters. The zero-order valence-electron chi connectivity index (χ0n) is 6.41. The summed E-state index contributed by atoms with van der Waals surface area (Å²) in [5.41, 5.74) is 0. The summed E-state index contributed by atoms with van der Waals surface area (Å²) < 4.78 is 0. The third-order valence-corrected chi connectivity index (χ3v) is 1.70. The van der Waals surface area contributed by atoms with Gasteiger partial charge < -0.3 is 0 Å². The lowest BCUT2D eigenvalue weighted by atomic mass is 10.2. The fourth-order valence-corrected chi connectivity index (χ4v) is 1.08. The quantitative estimate of drug-likeness (QED) is 0.218. The van der Waals surface area contributed by atoms with Gasteiger partial charge in [0.05, 0.1) is 0 Å². The van der Waals surface area contributed by atoms with E-state index in [1.807, 2.05) is 0 Å². The Kier molecular flexibility index (Phi) is 2.08. The first-order valence-electron chi connectivity index (χ1n) is 3.26. The standard InChI is InChI=1S/C5H2N2O7/c8-3-1(6(11)12)4(9)5(10)2(3)7(13)14/h1-2H. The molecule has 74 valence electrons. The smallest absolute Gasteiger partial charge is 0.283 e. The molecule has 0 aliphatic heterocycles. The molecule has 0 spiro atoms. The van der Waals surface area contributed by atoms with Crippen LogP contribution in [0, 0.1) is 20.2 Å². The highest BCUT2D eigenvalue weighted by molar-refractivity contribution is 6.53. The number of nitro groups is 2. The summed E-state index contributed by atoms with van der Waals surface area (Å²) in [6, 6.07) is -4.81. The van der Waals surface area contributed by atoms with Gasteiger partial charge in [0.1, 0.15) is 0 Å². The van der Waals surface area contributed by atoms with Crippen molar-refractivity contribution in [1.82, 2.24) is 0 Å². The van der Waals surface area contributed by atoms with Gasteiger partial charge in [-0.25, -0.2) is 0 Å². The molecular weight excluding hydrogens is 200 g/mol. The molecule has 0 saturated heterocycles. The molecule has 2 atom stereocenters. The molecule has 0 amide bonds. The molecule has 0 aromatic heterocycles. The maximum absolute atomic E-state index is 10.9. The van der Waals surface area contributed by atoms with Crippen molar-refractivity contribution >= 4 is 17.3 Å². The highest BCUT2D eigenvalue weighted by Gasteiger charge is 2.63. The Morgan fingerprint density at radius 2 is 1.14 bits per heavy atom. The summed E-state index contributed by atoms with van der Waals surface area (Å²) in [6.07, 6.45) is 0. The summed E-state index contributed by atoms with van der Waals surface area (Å²) in [5, 5.41) is 20.3. The lowest BCUT2D eigenvalue weighted by Crippen LogP contribution is -2.36. The van der Waals surface area contributed by atoms with Crippen molar-refractivity contribution < 1.29 is 24.2 Å². The predicted molar refractivity (Wildman–Crippen MR) is 36.6 cm³/mol. The number of hydrogen-bond donors (Lipinski definition) is 0. The minimum Gasteiger partial charge on any atom is -0.283 e. The second-order valence-corrected chi connectivity index (χ2v) is 2.51. The van der Waals surface area contributed by atoms with Gasteiger partial charge in [0.2, 0.25) is 0 Å². The summed E-state index contributed by atoms with van der Waals surface area (Å²) in [5.74, 6) is -4.82. The van der Waals surface area contributed by atoms with Crippen LogP contribution in [0.3, 0.4) is 0 Å². The van der Waals surface area contributed by atoms with E-state index in [1.54, 1.807) is 0 Å². The zero-order chi connectivity index (χ0) is 11.0. The number of carbonyl (C=O) groups excluding carboxylic acids is 3. The fraction of sp³-hybridized carbons (Fsp3) is 0.400. The van der Waals surface area contributed by atoms with E-state index in [9.17, 15) is 34.6 Å². The topological polar surface area (TPSA) is 137 Å². The second kappa shape index (κ2) is 2.94. The van der Waals surface area contributed by atoms with Crippen molar-refractivity contribution in [3.63, 3.8) is 0 Å². The zero-order valence-corrected chi connectivity index (χ0v) is 6.41. The number of Topliss-reactive ketones (excluding diaryl/α,β-unsaturated/α-hetero) is 3. The van der Waals surface area contributed by atoms with Crippen LogP contribution < -0.4 is 0 Å². The van der Waals surface area contributed by atoms with Crippen LogP contribution in [0.4, 0.5) is 0 Å². The normalized spacial score (nSPS) is 26.7. The number of rotatable bonds is 2. The third-order valence-electron chi connectivity index (χ3n) is 1.70. The summed E-state index contributed by atoms with van der Waals surface area (Å²) in [6.45, 7) is 0. The Morgan fingerprint density at radius 3 is 1.29 bits per heavy atom. The minimum atomic E-state index is -2.40. The Morgan fingerprint density at radius 1 is 0.857 bits per heavy atom. The molecule has 0 N–H and O–H groups in total. The van der Waals surface area contributed by atoms with Crippen molar-refractivity contribution in [2.24, 2.45) is 0 Å². The Hall–Kier alpha value is -2.19. The molecule has 0 heterocycles. The lowest BCUT2D eigenvalue weighted by Gasteiger charge is -1.94. The van der Waals surface area contributed by atoms with Crippen LogP contribution in [0.15, 0.2) is 0 Å². The number of ketones is 3. The van der Waals surface area contributed by atoms with Gasteiger partial charge in [0.15, 0.2) is 0 Å². The van der Waals surface area contributed by atoms with Gasteiger partial charge >= 0.3 is 12.1 Å². The van der Waals surface area contributed by atoms with Gasteiger partial charge in [0, 0.05) is 9.85 Å². The van der Waals surface area contributed by atoms with Crippen molar-refractivity contribution in [3.05, 3.63) is 20.2 Å². The van der Waals surface area contributed by atoms with Crippen molar-refractivity contribution in [3.8, 4) is 0 Å². The van der Waals surface area contributed by atoms with Crippen molar-refractivity contribution in [2.45, 2.75) is 12.1 Å². The maximum atomic E-state index is 10.9. The van der Waals surface area contributed by atoms with Crippen LogP contribution >= 0.6 is 0 Å². The summed E-state index contributed by atoms with van der Waals surface area (Å²) in [4.78, 5) is 50.0. The van der Waals surface area contributed by atoms with Crippen LogP contribution in [0.25, 0.3) is 0 Å².